The van der Waals surface area contributed by atoms with Gasteiger partial charge in [0.05, 0.1) is 19.8 Å². The van der Waals surface area contributed by atoms with Crippen molar-refractivity contribution in [1.82, 2.24) is 0 Å². The van der Waals surface area contributed by atoms with Gasteiger partial charge < -0.3 is 21.9 Å². The second kappa shape index (κ2) is 7.80. The Balaban J connectivity index is 0.00000261. The van der Waals surface area contributed by atoms with Crippen LogP contribution in [0.1, 0.15) is 30.5 Å². The molecule has 3 rings (SSSR count). The first-order chi connectivity index (χ1) is 12.3. The Kier molecular flexibility index (Phi) is 6.10. The fraction of sp³-hybridized carbons (Fsp3) is 0.350. The molecule has 27 heavy (non-hydrogen) atoms. The number of methoxy groups -OCH3 is 2. The van der Waals surface area contributed by atoms with Gasteiger partial charge in [-0.2, -0.15) is 17.7 Å². The molecule has 7 heteroatoms. The quantitative estimate of drug-likeness (QED) is 0.734. The van der Waals surface area contributed by atoms with E-state index in [1.807, 2.05) is 19.1 Å². The molecular weight excluding hydrogens is 379 g/mol. The van der Waals surface area contributed by atoms with Gasteiger partial charge in [-0.3, -0.25) is 0 Å². The summed E-state index contributed by atoms with van der Waals surface area (Å²) < 4.78 is 51.3. The van der Waals surface area contributed by atoms with Crippen molar-refractivity contribution in [3.8, 4) is 11.5 Å². The summed E-state index contributed by atoms with van der Waals surface area (Å²) in [5.74, 6) is 1.31. The van der Waals surface area contributed by atoms with Crippen LogP contribution in [0.15, 0.2) is 36.4 Å². The van der Waals surface area contributed by atoms with Crippen molar-refractivity contribution < 1.29 is 39.6 Å². The van der Waals surface area contributed by atoms with Gasteiger partial charge in [-0.15, -0.1) is 0 Å². The zero-order chi connectivity index (χ0) is 19.1. The molecule has 1 unspecified atom stereocenters. The smallest absolute Gasteiger partial charge is 0.416 e. The lowest BCUT2D eigenvalue weighted by atomic mass is 9.92. The highest BCUT2D eigenvalue weighted by Gasteiger charge is 2.34. The van der Waals surface area contributed by atoms with Gasteiger partial charge >= 0.3 is 6.18 Å². The van der Waals surface area contributed by atoms with Gasteiger partial charge in [0.25, 0.3) is 0 Å². The molecule has 1 aliphatic rings. The molecule has 146 valence electrons. The normalized spacial score (nSPS) is 16.5. The second-order valence-corrected chi connectivity index (χ2v) is 6.42. The number of ether oxygens (including phenoxy) is 2. The molecule has 1 atom stereocenters. The fourth-order valence-electron chi connectivity index (χ4n) is 3.56. The van der Waals surface area contributed by atoms with Crippen LogP contribution in [0.25, 0.3) is 0 Å². The molecule has 1 heterocycles. The summed E-state index contributed by atoms with van der Waals surface area (Å²) in [5, 5.41) is 0. The number of alkyl halides is 3. The van der Waals surface area contributed by atoms with Crippen LogP contribution in [0, 0.1) is 0 Å². The molecule has 0 bridgehead atoms. The average Bonchev–Trinajstić information content (AvgIpc) is 2.60. The van der Waals surface area contributed by atoms with Gasteiger partial charge in [0.2, 0.25) is 5.69 Å². The molecule has 0 saturated carbocycles. The monoisotopic (exact) mass is 399 g/mol. The Morgan fingerprint density at radius 2 is 1.56 bits per heavy atom. The molecule has 0 radical (unpaired) electrons. The largest absolute Gasteiger partial charge is 1.00 e. The molecule has 0 aromatic heterocycles. The lowest BCUT2D eigenvalue weighted by molar-refractivity contribution is -0.482. The summed E-state index contributed by atoms with van der Waals surface area (Å²) in [6.45, 7) is 4.03. The predicted octanol–water partition coefficient (Wildman–Crippen LogP) is 1.82. The van der Waals surface area contributed by atoms with Crippen LogP contribution in [0.4, 0.5) is 18.9 Å². The number of fused-ring (bicyclic) bond motifs is 1. The van der Waals surface area contributed by atoms with Crippen LogP contribution in [0.5, 0.6) is 11.5 Å². The molecular formula is C20H21ClF3NO2. The van der Waals surface area contributed by atoms with Crippen molar-refractivity contribution in [2.24, 2.45) is 0 Å². The second-order valence-electron chi connectivity index (χ2n) is 6.42. The van der Waals surface area contributed by atoms with E-state index in [1.165, 1.54) is 12.1 Å². The molecule has 0 saturated heterocycles. The maximum absolute atomic E-state index is 12.8. The van der Waals surface area contributed by atoms with Crippen molar-refractivity contribution in [2.45, 2.75) is 32.5 Å². The molecule has 0 fully saturated rings. The van der Waals surface area contributed by atoms with Gasteiger partial charge in [0.1, 0.15) is 0 Å². The molecule has 3 nitrogen and oxygen atoms in total. The lowest BCUT2D eigenvalue weighted by Crippen LogP contribution is -3.00. The fourth-order valence-corrected chi connectivity index (χ4v) is 3.56. The van der Waals surface area contributed by atoms with Crippen molar-refractivity contribution in [3.63, 3.8) is 0 Å². The van der Waals surface area contributed by atoms with E-state index in [9.17, 15) is 13.2 Å². The number of rotatable bonds is 3. The molecule has 2 aromatic rings. The number of benzene rings is 2. The summed E-state index contributed by atoms with van der Waals surface area (Å²) in [6.07, 6.45) is -3.57. The van der Waals surface area contributed by atoms with Crippen molar-refractivity contribution in [1.29, 1.82) is 0 Å². The number of hydrogen-bond donors (Lipinski definition) is 0. The number of nitrogens with zero attached hydrogens (tertiary/aromatic N) is 1. The van der Waals surface area contributed by atoms with E-state index < -0.39 is 11.7 Å². The molecule has 0 N–H and O–H groups in total. The molecule has 2 aromatic carbocycles. The minimum atomic E-state index is -4.33. The third-order valence-corrected chi connectivity index (χ3v) is 4.79. The molecule has 1 aliphatic heterocycles. The topological polar surface area (TPSA) is 21.5 Å². The summed E-state index contributed by atoms with van der Waals surface area (Å²) in [7, 11) is 3.18. The summed E-state index contributed by atoms with van der Waals surface area (Å²) in [4.78, 5) is 0. The zero-order valence-corrected chi connectivity index (χ0v) is 16.3. The number of hydrogen-bond acceptors (Lipinski definition) is 2. The highest BCUT2D eigenvalue weighted by Crippen LogP contribution is 2.36. The minimum absolute atomic E-state index is 0. The van der Waals surface area contributed by atoms with E-state index in [1.54, 1.807) is 14.2 Å². The summed E-state index contributed by atoms with van der Waals surface area (Å²) in [5.41, 5.74) is 3.22. The highest BCUT2D eigenvalue weighted by atomic mass is 35.5. The maximum atomic E-state index is 12.8. The van der Waals surface area contributed by atoms with Crippen LogP contribution in [0.2, 0.25) is 0 Å². The van der Waals surface area contributed by atoms with Crippen molar-refractivity contribution in [2.75, 3.05) is 14.2 Å². The van der Waals surface area contributed by atoms with E-state index in [4.69, 9.17) is 9.47 Å². The van der Waals surface area contributed by atoms with Crippen LogP contribution in [-0.4, -0.2) is 30.5 Å². The SMILES string of the molecule is COc1cc2c(cc1OC)C(C)=[N+](c1ccc(C(F)(F)F)cc1)C(C)C2.[Cl-]. The van der Waals surface area contributed by atoms with E-state index in [-0.39, 0.29) is 18.4 Å². The van der Waals surface area contributed by atoms with Crippen LogP contribution < -0.4 is 21.9 Å². The first-order valence-corrected chi connectivity index (χ1v) is 8.31. The molecule has 0 spiro atoms. The van der Waals surface area contributed by atoms with Gasteiger partial charge in [-0.25, -0.2) is 0 Å². The number of halogens is 4. The van der Waals surface area contributed by atoms with Gasteiger partial charge in [0.15, 0.2) is 23.3 Å². The van der Waals surface area contributed by atoms with Crippen LogP contribution >= 0.6 is 0 Å². The third-order valence-electron chi connectivity index (χ3n) is 4.79. The lowest BCUT2D eigenvalue weighted by Gasteiger charge is -2.23. The van der Waals surface area contributed by atoms with E-state index in [0.717, 1.165) is 41.1 Å². The average molecular weight is 400 g/mol. The summed E-state index contributed by atoms with van der Waals surface area (Å²) in [6, 6.07) is 9.30. The van der Waals surface area contributed by atoms with Crippen molar-refractivity contribution >= 4 is 11.4 Å². The first-order valence-electron chi connectivity index (χ1n) is 8.31. The van der Waals surface area contributed by atoms with Gasteiger partial charge in [-0.1, -0.05) is 0 Å². The first kappa shape index (κ1) is 21.1. The Bertz CT molecular complexity index is 861. The Labute approximate surface area is 162 Å². The van der Waals surface area contributed by atoms with Crippen LogP contribution in [-0.2, 0) is 12.6 Å². The van der Waals surface area contributed by atoms with E-state index >= 15 is 0 Å². The summed E-state index contributed by atoms with van der Waals surface area (Å²) >= 11 is 0. The Morgan fingerprint density at radius 1 is 1.00 bits per heavy atom. The minimum Gasteiger partial charge on any atom is -1.00 e. The molecule has 0 amide bonds. The third kappa shape index (κ3) is 3.90. The van der Waals surface area contributed by atoms with Gasteiger partial charge in [0, 0.05) is 31.0 Å². The van der Waals surface area contributed by atoms with Crippen LogP contribution in [0.3, 0.4) is 0 Å². The highest BCUT2D eigenvalue weighted by molar-refractivity contribution is 5.98. The Morgan fingerprint density at radius 3 is 2.07 bits per heavy atom. The predicted molar refractivity (Wildman–Crippen MR) is 93.9 cm³/mol. The van der Waals surface area contributed by atoms with Crippen molar-refractivity contribution in [3.05, 3.63) is 53.1 Å². The molecule has 0 aliphatic carbocycles. The van der Waals surface area contributed by atoms with Gasteiger partial charge in [-0.05, 0) is 36.8 Å². The van der Waals surface area contributed by atoms with E-state index in [2.05, 4.69) is 11.5 Å². The van der Waals surface area contributed by atoms with E-state index in [0.29, 0.717) is 11.5 Å². The maximum Gasteiger partial charge on any atom is 0.416 e. The Hall–Kier alpha value is -2.21. The standard InChI is InChI=1S/C20H21F3NO2.ClH/c1-12-9-14-10-18(25-3)19(26-4)11-17(14)13(2)24(12)16-7-5-15(6-8-16)20(21,22)23;/h5-8,10-12H,9H2,1-4H3;1H/q+1;/p-1. The zero-order valence-electron chi connectivity index (χ0n) is 15.5.